The van der Waals surface area contributed by atoms with Gasteiger partial charge in [0.05, 0.1) is 0 Å². The average Bonchev–Trinajstić information content (AvgIpc) is 2.53. The number of hydrogen-bond donors (Lipinski definition) is 0. The topological polar surface area (TPSA) is 0 Å². The molecule has 0 saturated carbocycles. The number of hydrogen-bond acceptors (Lipinski definition) is 4. The third-order valence-corrected chi connectivity index (χ3v) is 6.86. The average molecular weight is 489 g/mol. The van der Waals surface area contributed by atoms with E-state index in [1.165, 1.54) is 0 Å². The molecule has 12 heteroatoms. The molecule has 0 heterocycles. The molecule has 0 atom stereocenters. The molecule has 0 bridgehead atoms. The van der Waals surface area contributed by atoms with Crippen LogP contribution in [0.4, 0.5) is 26.3 Å². The molecule has 0 N–H and O–H groups in total. The number of rotatable bonds is 4. The quantitative estimate of drug-likeness (QED) is 0.310. The van der Waals surface area contributed by atoms with Crippen LogP contribution in [-0.4, -0.2) is 11.0 Å². The fourth-order valence-electron chi connectivity index (χ4n) is 1.17. The molecule has 2 aromatic rings. The zero-order valence-corrected chi connectivity index (χ0v) is 17.1. The summed E-state index contributed by atoms with van der Waals surface area (Å²) in [7, 11) is 1.07. The fraction of sp³-hybridized carbons (Fsp3) is 0.143. The lowest BCUT2D eigenvalue weighted by Gasteiger charge is -2.03. The normalized spacial score (nSPS) is 11.7. The summed E-state index contributed by atoms with van der Waals surface area (Å²) in [6, 6.07) is 12.4. The van der Waals surface area contributed by atoms with Crippen LogP contribution in [0.3, 0.4) is 0 Å². The van der Waals surface area contributed by atoms with E-state index in [1.54, 1.807) is 48.5 Å². The molecule has 0 aliphatic rings. The van der Waals surface area contributed by atoms with Crippen molar-refractivity contribution in [1.82, 2.24) is 0 Å². The van der Waals surface area contributed by atoms with E-state index in [1.807, 2.05) is 0 Å². The highest BCUT2D eigenvalue weighted by Crippen LogP contribution is 2.44. The summed E-state index contributed by atoms with van der Waals surface area (Å²) < 4.78 is 70.4. The molecule has 0 saturated heterocycles. The lowest BCUT2D eigenvalue weighted by molar-refractivity contribution is -0.0320. The first-order chi connectivity index (χ1) is 11.9. The third-order valence-electron chi connectivity index (χ3n) is 2.09. The Bertz CT molecular complexity index is 600. The van der Waals surface area contributed by atoms with Gasteiger partial charge in [-0.15, -0.1) is 0 Å². The Hall–Kier alpha value is -0.000000000000000222. The maximum absolute atomic E-state index is 11.7. The molecule has 26 heavy (non-hydrogen) atoms. The summed E-state index contributed by atoms with van der Waals surface area (Å²) >= 11 is 11.1. The number of benzene rings is 2. The van der Waals surface area contributed by atoms with Crippen LogP contribution in [0.5, 0.6) is 0 Å². The van der Waals surface area contributed by atoms with Crippen molar-refractivity contribution < 1.29 is 26.3 Å². The van der Waals surface area contributed by atoms with Gasteiger partial charge in [-0.2, -0.15) is 26.3 Å². The predicted molar refractivity (Wildman–Crippen MR) is 102 cm³/mol. The van der Waals surface area contributed by atoms with Crippen LogP contribution in [-0.2, 0) is 0 Å². The molecule has 0 aliphatic carbocycles. The standard InChI is InChI=1S/2C7H4ClF3S2/c2*8-5-1-3-6(4-2-5)12-13-7(9,10)11/h2*1-4H. The van der Waals surface area contributed by atoms with E-state index in [4.69, 9.17) is 23.2 Å². The zero-order chi connectivity index (χ0) is 19.8. The third kappa shape index (κ3) is 12.4. The molecule has 0 aliphatic heterocycles. The zero-order valence-electron chi connectivity index (χ0n) is 12.3. The Labute approximate surface area is 171 Å². The minimum absolute atomic E-state index is 0.134. The van der Waals surface area contributed by atoms with E-state index in [-0.39, 0.29) is 21.6 Å². The number of alkyl halides is 6. The van der Waals surface area contributed by atoms with E-state index in [0.717, 1.165) is 0 Å². The van der Waals surface area contributed by atoms with Crippen molar-refractivity contribution in [3.63, 3.8) is 0 Å². The Kier molecular flexibility index (Phi) is 10.3. The largest absolute Gasteiger partial charge is 0.452 e. The Balaban J connectivity index is 0.000000260. The molecule has 0 spiro atoms. The summed E-state index contributed by atoms with van der Waals surface area (Å²) in [5.41, 5.74) is -8.41. The number of halogens is 8. The van der Waals surface area contributed by atoms with Gasteiger partial charge in [-0.05, 0) is 70.1 Å². The second-order valence-corrected chi connectivity index (χ2v) is 9.54. The van der Waals surface area contributed by atoms with Gasteiger partial charge in [0, 0.05) is 41.4 Å². The first-order valence-corrected chi connectivity index (χ1v) is 11.4. The van der Waals surface area contributed by atoms with Crippen LogP contribution in [0.25, 0.3) is 0 Å². The Morgan fingerprint density at radius 1 is 0.538 bits per heavy atom. The molecule has 0 aromatic heterocycles. The molecule has 0 nitrogen and oxygen atoms in total. The second kappa shape index (κ2) is 11.1. The van der Waals surface area contributed by atoms with Gasteiger partial charge in [-0.1, -0.05) is 23.2 Å². The van der Waals surface area contributed by atoms with Gasteiger partial charge in [-0.25, -0.2) is 0 Å². The van der Waals surface area contributed by atoms with Crippen LogP contribution >= 0.6 is 66.4 Å². The van der Waals surface area contributed by atoms with Crippen LogP contribution < -0.4 is 0 Å². The van der Waals surface area contributed by atoms with E-state index in [2.05, 4.69) is 0 Å². The summed E-state index contributed by atoms with van der Waals surface area (Å²) in [6.45, 7) is 0. The van der Waals surface area contributed by atoms with Gasteiger partial charge in [0.1, 0.15) is 0 Å². The molecular formula is C14H8Cl2F6S4. The molecule has 2 aromatic carbocycles. The van der Waals surface area contributed by atoms with Crippen LogP contribution in [0.1, 0.15) is 0 Å². The van der Waals surface area contributed by atoms with Crippen molar-refractivity contribution in [3.8, 4) is 0 Å². The van der Waals surface area contributed by atoms with Crippen LogP contribution in [0, 0.1) is 0 Å². The van der Waals surface area contributed by atoms with Gasteiger partial charge in [-0.3, -0.25) is 0 Å². The summed E-state index contributed by atoms with van der Waals surface area (Å²) in [5.74, 6) is 0. The highest BCUT2D eigenvalue weighted by atomic mass is 35.5. The monoisotopic (exact) mass is 488 g/mol. The highest BCUT2D eigenvalue weighted by Gasteiger charge is 2.29. The highest BCUT2D eigenvalue weighted by molar-refractivity contribution is 8.77. The molecule has 0 amide bonds. The first kappa shape index (κ1) is 24.0. The lowest BCUT2D eigenvalue weighted by atomic mass is 10.4. The molecule has 0 unspecified atom stereocenters. The molecule has 2 rings (SSSR count). The van der Waals surface area contributed by atoms with Gasteiger partial charge < -0.3 is 0 Å². The molecule has 0 radical (unpaired) electrons. The van der Waals surface area contributed by atoms with Gasteiger partial charge >= 0.3 is 11.0 Å². The lowest BCUT2D eigenvalue weighted by Crippen LogP contribution is -1.95. The van der Waals surface area contributed by atoms with Gasteiger partial charge in [0.15, 0.2) is 0 Å². The summed E-state index contributed by atoms with van der Waals surface area (Å²) in [5, 5.41) is 1.03. The van der Waals surface area contributed by atoms with Gasteiger partial charge in [0.25, 0.3) is 0 Å². The Morgan fingerprint density at radius 3 is 1.04 bits per heavy atom. The van der Waals surface area contributed by atoms with E-state index in [9.17, 15) is 26.3 Å². The first-order valence-electron chi connectivity index (χ1n) is 6.30. The van der Waals surface area contributed by atoms with E-state index in [0.29, 0.717) is 41.4 Å². The van der Waals surface area contributed by atoms with Crippen molar-refractivity contribution >= 4 is 66.4 Å². The van der Waals surface area contributed by atoms with Crippen LogP contribution in [0.15, 0.2) is 58.3 Å². The maximum Gasteiger partial charge on any atom is 0.452 e. The van der Waals surface area contributed by atoms with Crippen molar-refractivity contribution in [2.24, 2.45) is 0 Å². The summed E-state index contributed by atoms with van der Waals surface area (Å²) in [6.07, 6.45) is 0. The molecular weight excluding hydrogens is 481 g/mol. The SMILES string of the molecule is FC(F)(F)SSc1ccc(Cl)cc1.FC(F)(F)SSc1ccc(Cl)cc1. The van der Waals surface area contributed by atoms with Crippen molar-refractivity contribution in [3.05, 3.63) is 58.6 Å². The smallest absolute Gasteiger partial charge is 0.160 e. The maximum atomic E-state index is 11.7. The van der Waals surface area contributed by atoms with E-state index >= 15 is 0 Å². The predicted octanol–water partition coefficient (Wildman–Crippen LogP) is 9.20. The van der Waals surface area contributed by atoms with Crippen molar-refractivity contribution in [2.45, 2.75) is 20.8 Å². The second-order valence-electron chi connectivity index (χ2n) is 4.13. The van der Waals surface area contributed by atoms with Crippen LogP contribution in [0.2, 0.25) is 10.0 Å². The molecule has 0 fully saturated rings. The summed E-state index contributed by atoms with van der Waals surface area (Å²) in [4.78, 5) is 1.07. The van der Waals surface area contributed by atoms with Gasteiger partial charge in [0.2, 0.25) is 0 Å². The molecule has 144 valence electrons. The minimum Gasteiger partial charge on any atom is -0.160 e. The van der Waals surface area contributed by atoms with Crippen molar-refractivity contribution in [1.29, 1.82) is 0 Å². The van der Waals surface area contributed by atoms with Crippen molar-refractivity contribution in [2.75, 3.05) is 0 Å². The Morgan fingerprint density at radius 2 is 0.808 bits per heavy atom. The minimum atomic E-state index is -4.20. The fourth-order valence-corrected chi connectivity index (χ4v) is 4.11. The van der Waals surface area contributed by atoms with E-state index < -0.39 is 11.0 Å².